The fourth-order valence-corrected chi connectivity index (χ4v) is 4.09. The molecule has 1 unspecified atom stereocenters. The van der Waals surface area contributed by atoms with Crippen LogP contribution in [0.15, 0.2) is 54.6 Å². The Labute approximate surface area is 160 Å². The maximum Gasteiger partial charge on any atom is 0.261 e. The number of benzene rings is 2. The molecule has 27 heavy (non-hydrogen) atoms. The highest BCUT2D eigenvalue weighted by Crippen LogP contribution is 2.26. The molecule has 140 valence electrons. The van der Waals surface area contributed by atoms with Crippen LogP contribution in [0.3, 0.4) is 0 Å². The van der Waals surface area contributed by atoms with E-state index < -0.39 is 0 Å². The van der Waals surface area contributed by atoms with E-state index in [9.17, 15) is 9.59 Å². The van der Waals surface area contributed by atoms with Gasteiger partial charge in [-0.1, -0.05) is 42.5 Å². The molecule has 1 fully saturated rings. The summed E-state index contributed by atoms with van der Waals surface area (Å²) in [6.07, 6.45) is 0.790. The van der Waals surface area contributed by atoms with Gasteiger partial charge in [0, 0.05) is 38.8 Å². The Kier molecular flexibility index (Phi) is 5.05. The van der Waals surface area contributed by atoms with Crippen molar-refractivity contribution in [1.29, 1.82) is 0 Å². The topological polar surface area (TPSA) is 43.9 Å². The van der Waals surface area contributed by atoms with E-state index in [0.29, 0.717) is 23.7 Å². The van der Waals surface area contributed by atoms with E-state index >= 15 is 0 Å². The number of piperazine rings is 1. The number of nitrogens with zero attached hydrogens (tertiary/aromatic N) is 3. The van der Waals surface area contributed by atoms with Crippen molar-refractivity contribution >= 4 is 11.8 Å². The molecule has 1 atom stereocenters. The van der Waals surface area contributed by atoms with Crippen LogP contribution < -0.4 is 0 Å². The molecule has 1 saturated heterocycles. The van der Waals surface area contributed by atoms with Gasteiger partial charge in [-0.3, -0.25) is 19.4 Å². The molecule has 2 aromatic rings. The van der Waals surface area contributed by atoms with Crippen LogP contribution in [0.4, 0.5) is 0 Å². The minimum atomic E-state index is -0.159. The molecule has 0 bridgehead atoms. The molecule has 0 N–H and O–H groups in total. The molecule has 5 heteroatoms. The van der Waals surface area contributed by atoms with Gasteiger partial charge in [-0.25, -0.2) is 0 Å². The summed E-state index contributed by atoms with van der Waals surface area (Å²) < 4.78 is 0. The van der Waals surface area contributed by atoms with Gasteiger partial charge in [0.25, 0.3) is 11.8 Å². The largest absolute Gasteiger partial charge is 0.303 e. The molecule has 2 heterocycles. The van der Waals surface area contributed by atoms with E-state index in [1.807, 2.05) is 18.2 Å². The highest BCUT2D eigenvalue weighted by Gasteiger charge is 2.35. The maximum atomic E-state index is 12.5. The van der Waals surface area contributed by atoms with Gasteiger partial charge in [0.2, 0.25) is 0 Å². The monoisotopic (exact) mass is 363 g/mol. The number of fused-ring (bicyclic) bond motifs is 1. The first-order valence-electron chi connectivity index (χ1n) is 9.58. The van der Waals surface area contributed by atoms with Crippen molar-refractivity contribution in [3.63, 3.8) is 0 Å². The molecule has 0 radical (unpaired) electrons. The number of hydrogen-bond acceptors (Lipinski definition) is 4. The summed E-state index contributed by atoms with van der Waals surface area (Å²) in [5.74, 6) is -0.317. The molecule has 2 aliphatic rings. The average Bonchev–Trinajstić information content (AvgIpc) is 2.95. The van der Waals surface area contributed by atoms with Gasteiger partial charge in [0.15, 0.2) is 0 Å². The van der Waals surface area contributed by atoms with E-state index in [-0.39, 0.29) is 11.8 Å². The third kappa shape index (κ3) is 3.53. The number of amides is 2. The second-order valence-corrected chi connectivity index (χ2v) is 7.39. The van der Waals surface area contributed by atoms with Crippen molar-refractivity contribution in [2.75, 3.05) is 39.8 Å². The summed E-state index contributed by atoms with van der Waals surface area (Å²) in [5.41, 5.74) is 2.39. The molecule has 0 spiro atoms. The molecule has 2 aromatic carbocycles. The van der Waals surface area contributed by atoms with Crippen LogP contribution in [0.2, 0.25) is 0 Å². The third-order valence-electron chi connectivity index (χ3n) is 5.58. The predicted octanol–water partition coefficient (Wildman–Crippen LogP) is 2.66. The van der Waals surface area contributed by atoms with Crippen molar-refractivity contribution in [2.45, 2.75) is 12.5 Å². The maximum absolute atomic E-state index is 12.5. The quantitative estimate of drug-likeness (QED) is 0.766. The van der Waals surface area contributed by atoms with Crippen molar-refractivity contribution in [3.8, 4) is 0 Å². The summed E-state index contributed by atoms with van der Waals surface area (Å²) in [4.78, 5) is 31.2. The van der Waals surface area contributed by atoms with Gasteiger partial charge in [0.05, 0.1) is 11.1 Å². The minimum absolute atomic E-state index is 0.159. The number of hydrogen-bond donors (Lipinski definition) is 0. The molecule has 5 nitrogen and oxygen atoms in total. The summed E-state index contributed by atoms with van der Waals surface area (Å²) >= 11 is 0. The fraction of sp³-hybridized carbons (Fsp3) is 0.364. The smallest absolute Gasteiger partial charge is 0.261 e. The van der Waals surface area contributed by atoms with Gasteiger partial charge in [0.1, 0.15) is 0 Å². The van der Waals surface area contributed by atoms with E-state index in [1.54, 1.807) is 12.1 Å². The molecule has 2 aliphatic heterocycles. The Bertz CT molecular complexity index is 801. The first-order valence-corrected chi connectivity index (χ1v) is 9.58. The third-order valence-corrected chi connectivity index (χ3v) is 5.58. The number of likely N-dealkylation sites (N-methyl/N-ethyl adjacent to an activating group) is 1. The highest BCUT2D eigenvalue weighted by molar-refractivity contribution is 6.21. The number of rotatable bonds is 5. The van der Waals surface area contributed by atoms with Crippen LogP contribution >= 0.6 is 0 Å². The molecule has 0 aromatic heterocycles. The van der Waals surface area contributed by atoms with Crippen molar-refractivity contribution in [1.82, 2.24) is 14.7 Å². The Morgan fingerprint density at radius 3 is 2.15 bits per heavy atom. The van der Waals surface area contributed by atoms with E-state index in [1.165, 1.54) is 10.5 Å². The van der Waals surface area contributed by atoms with E-state index in [0.717, 1.165) is 32.6 Å². The van der Waals surface area contributed by atoms with E-state index in [2.05, 4.69) is 41.1 Å². The number of carbonyl (C=O) groups excluding carboxylic acids is 2. The molecule has 2 amide bonds. The van der Waals surface area contributed by atoms with Crippen LogP contribution in [0, 0.1) is 0 Å². The SMILES string of the molecule is CN1CCN(CCCN2C(=O)c3ccccc3C2=O)C(c2ccccc2)C1. The van der Waals surface area contributed by atoms with Crippen LogP contribution in [0.5, 0.6) is 0 Å². The molecule has 0 saturated carbocycles. The first-order chi connectivity index (χ1) is 13.1. The Morgan fingerprint density at radius 2 is 1.48 bits per heavy atom. The molecular weight excluding hydrogens is 338 g/mol. The fourth-order valence-electron chi connectivity index (χ4n) is 4.09. The summed E-state index contributed by atoms with van der Waals surface area (Å²) in [5, 5.41) is 0. The van der Waals surface area contributed by atoms with Gasteiger partial charge in [-0.2, -0.15) is 0 Å². The molecule has 4 rings (SSSR count). The molecular formula is C22H25N3O2. The zero-order chi connectivity index (χ0) is 18.8. The summed E-state index contributed by atoms with van der Waals surface area (Å²) in [7, 11) is 2.16. The normalized spacial score (nSPS) is 20.9. The zero-order valence-electron chi connectivity index (χ0n) is 15.7. The average molecular weight is 363 g/mol. The second-order valence-electron chi connectivity index (χ2n) is 7.39. The molecule has 0 aliphatic carbocycles. The summed E-state index contributed by atoms with van der Waals surface area (Å²) in [6.45, 7) is 4.38. The van der Waals surface area contributed by atoms with Crippen molar-refractivity contribution < 1.29 is 9.59 Å². The van der Waals surface area contributed by atoms with Crippen molar-refractivity contribution in [3.05, 3.63) is 71.3 Å². The standard InChI is InChI=1S/C22H25N3O2/c1-23-14-15-24(20(16-23)17-8-3-2-4-9-17)12-7-13-25-21(26)18-10-5-6-11-19(18)22(25)27/h2-6,8-11,20H,7,12-16H2,1H3. The van der Waals surface area contributed by atoms with Gasteiger partial charge >= 0.3 is 0 Å². The Balaban J connectivity index is 1.40. The minimum Gasteiger partial charge on any atom is -0.303 e. The Hall–Kier alpha value is -2.50. The van der Waals surface area contributed by atoms with Crippen molar-refractivity contribution in [2.24, 2.45) is 0 Å². The Morgan fingerprint density at radius 1 is 0.852 bits per heavy atom. The zero-order valence-corrected chi connectivity index (χ0v) is 15.7. The first kappa shape index (κ1) is 17.9. The van der Waals surface area contributed by atoms with Crippen LogP contribution in [0.25, 0.3) is 0 Å². The lowest BCUT2D eigenvalue weighted by molar-refractivity contribution is 0.0618. The van der Waals surface area contributed by atoms with E-state index in [4.69, 9.17) is 0 Å². The lowest BCUT2D eigenvalue weighted by atomic mass is 10.0. The second kappa shape index (κ2) is 7.62. The lowest BCUT2D eigenvalue weighted by Crippen LogP contribution is -2.47. The van der Waals surface area contributed by atoms with Gasteiger partial charge in [-0.05, 0) is 31.2 Å². The lowest BCUT2D eigenvalue weighted by Gasteiger charge is -2.40. The number of imide groups is 1. The van der Waals surface area contributed by atoms with Gasteiger partial charge in [-0.15, -0.1) is 0 Å². The number of carbonyl (C=O) groups is 2. The summed E-state index contributed by atoms with van der Waals surface area (Å²) in [6, 6.07) is 18.0. The predicted molar refractivity (Wildman–Crippen MR) is 105 cm³/mol. The van der Waals surface area contributed by atoms with Gasteiger partial charge < -0.3 is 4.90 Å². The van der Waals surface area contributed by atoms with Crippen LogP contribution in [-0.4, -0.2) is 66.3 Å². The highest BCUT2D eigenvalue weighted by atomic mass is 16.2. The van der Waals surface area contributed by atoms with Crippen LogP contribution in [0.1, 0.15) is 38.7 Å². The van der Waals surface area contributed by atoms with Crippen LogP contribution in [-0.2, 0) is 0 Å².